The second kappa shape index (κ2) is 8.74. The fourth-order valence-electron chi connectivity index (χ4n) is 3.79. The van der Waals surface area contributed by atoms with Crippen LogP contribution >= 0.6 is 0 Å². The molecular weight excluding hydrogens is 262 g/mol. The van der Waals surface area contributed by atoms with Gasteiger partial charge in [0, 0.05) is 19.1 Å². The van der Waals surface area contributed by atoms with Crippen LogP contribution in [0.2, 0.25) is 0 Å². The standard InChI is InChI=1S/C17H33N3O/c1-3-16-9-5-6-11-20(16)17(21)14-19(4-2)13-15-8-7-10-18-12-15/h15-16,18H,3-14H2,1-2H3. The third kappa shape index (κ3) is 4.96. The Labute approximate surface area is 130 Å². The van der Waals surface area contributed by atoms with E-state index in [-0.39, 0.29) is 0 Å². The van der Waals surface area contributed by atoms with Crippen LogP contribution < -0.4 is 5.32 Å². The molecule has 4 nitrogen and oxygen atoms in total. The minimum absolute atomic E-state index is 0.354. The highest BCUT2D eigenvalue weighted by Gasteiger charge is 2.27. The first kappa shape index (κ1) is 16.8. The third-order valence-corrected chi connectivity index (χ3v) is 5.14. The zero-order valence-electron chi connectivity index (χ0n) is 13.9. The lowest BCUT2D eigenvalue weighted by molar-refractivity contribution is -0.136. The van der Waals surface area contributed by atoms with Gasteiger partial charge in [0.2, 0.25) is 5.91 Å². The van der Waals surface area contributed by atoms with Gasteiger partial charge in [0.25, 0.3) is 0 Å². The van der Waals surface area contributed by atoms with Crippen molar-refractivity contribution < 1.29 is 4.79 Å². The van der Waals surface area contributed by atoms with E-state index < -0.39 is 0 Å². The van der Waals surface area contributed by atoms with E-state index in [1.54, 1.807) is 0 Å². The second-order valence-electron chi connectivity index (χ2n) is 6.69. The van der Waals surface area contributed by atoms with E-state index in [2.05, 4.69) is 29.0 Å². The Bertz CT molecular complexity index is 315. The second-order valence-corrected chi connectivity index (χ2v) is 6.69. The Kier molecular flexibility index (Phi) is 6.97. The first-order valence-corrected chi connectivity index (χ1v) is 8.97. The van der Waals surface area contributed by atoms with Gasteiger partial charge in [-0.15, -0.1) is 0 Å². The highest BCUT2D eigenvalue weighted by atomic mass is 16.2. The molecule has 21 heavy (non-hydrogen) atoms. The number of nitrogens with one attached hydrogen (secondary N) is 1. The Balaban J connectivity index is 1.83. The zero-order chi connectivity index (χ0) is 15.1. The predicted octanol–water partition coefficient (Wildman–Crippen LogP) is 2.10. The topological polar surface area (TPSA) is 35.6 Å². The largest absolute Gasteiger partial charge is 0.339 e. The lowest BCUT2D eigenvalue weighted by Crippen LogP contribution is -2.49. The maximum atomic E-state index is 12.6. The molecule has 1 amide bonds. The van der Waals surface area contributed by atoms with Crippen molar-refractivity contribution in [2.45, 2.75) is 58.4 Å². The summed E-state index contributed by atoms with van der Waals surface area (Å²) in [4.78, 5) is 17.2. The van der Waals surface area contributed by atoms with Gasteiger partial charge in [0.05, 0.1) is 6.54 Å². The summed E-state index contributed by atoms with van der Waals surface area (Å²) in [5, 5.41) is 3.48. The van der Waals surface area contributed by atoms with E-state index >= 15 is 0 Å². The Hall–Kier alpha value is -0.610. The first-order chi connectivity index (χ1) is 10.2. The molecule has 0 aliphatic carbocycles. The van der Waals surface area contributed by atoms with Crippen LogP contribution in [0.4, 0.5) is 0 Å². The SMILES string of the molecule is CCC1CCCCN1C(=O)CN(CC)CC1CCCNC1. The number of piperidine rings is 2. The molecule has 0 aromatic carbocycles. The summed E-state index contributed by atoms with van der Waals surface area (Å²) in [5.41, 5.74) is 0. The van der Waals surface area contributed by atoms with Crippen molar-refractivity contribution in [1.82, 2.24) is 15.1 Å². The van der Waals surface area contributed by atoms with Crippen LogP contribution in [0.3, 0.4) is 0 Å². The molecule has 2 aliphatic rings. The van der Waals surface area contributed by atoms with E-state index in [9.17, 15) is 4.79 Å². The molecule has 2 heterocycles. The number of nitrogens with zero attached hydrogens (tertiary/aromatic N) is 2. The van der Waals surface area contributed by atoms with Crippen molar-refractivity contribution in [3.05, 3.63) is 0 Å². The maximum absolute atomic E-state index is 12.6. The van der Waals surface area contributed by atoms with Crippen LogP contribution in [0, 0.1) is 5.92 Å². The van der Waals surface area contributed by atoms with Crippen LogP contribution in [0.15, 0.2) is 0 Å². The number of carbonyl (C=O) groups excluding carboxylic acids is 1. The average Bonchev–Trinajstić information content (AvgIpc) is 2.55. The maximum Gasteiger partial charge on any atom is 0.236 e. The molecule has 2 rings (SSSR count). The third-order valence-electron chi connectivity index (χ3n) is 5.14. The van der Waals surface area contributed by atoms with Gasteiger partial charge in [-0.2, -0.15) is 0 Å². The molecule has 2 aliphatic heterocycles. The van der Waals surface area contributed by atoms with E-state index in [1.807, 2.05) is 0 Å². The lowest BCUT2D eigenvalue weighted by Gasteiger charge is -2.37. The number of hydrogen-bond acceptors (Lipinski definition) is 3. The summed E-state index contributed by atoms with van der Waals surface area (Å²) in [5.74, 6) is 1.07. The van der Waals surface area contributed by atoms with Crippen LogP contribution in [-0.2, 0) is 4.79 Å². The number of amides is 1. The summed E-state index contributed by atoms with van der Waals surface area (Å²) in [7, 11) is 0. The molecule has 2 saturated heterocycles. The average molecular weight is 295 g/mol. The zero-order valence-corrected chi connectivity index (χ0v) is 13.9. The summed E-state index contributed by atoms with van der Waals surface area (Å²) >= 11 is 0. The molecule has 0 aromatic heterocycles. The van der Waals surface area contributed by atoms with E-state index in [0.717, 1.165) is 45.1 Å². The Morgan fingerprint density at radius 3 is 2.76 bits per heavy atom. The monoisotopic (exact) mass is 295 g/mol. The van der Waals surface area contributed by atoms with Crippen LogP contribution in [0.1, 0.15) is 52.4 Å². The molecule has 2 atom stereocenters. The fraction of sp³-hybridized carbons (Fsp3) is 0.941. The molecule has 4 heteroatoms. The van der Waals surface area contributed by atoms with Gasteiger partial charge in [0.1, 0.15) is 0 Å². The van der Waals surface area contributed by atoms with E-state index in [1.165, 1.54) is 32.1 Å². The number of hydrogen-bond donors (Lipinski definition) is 1. The van der Waals surface area contributed by atoms with Crippen molar-refractivity contribution in [2.24, 2.45) is 5.92 Å². The molecule has 0 spiro atoms. The molecule has 1 N–H and O–H groups in total. The minimum atomic E-state index is 0.354. The van der Waals surface area contributed by atoms with Gasteiger partial charge in [-0.25, -0.2) is 0 Å². The number of carbonyl (C=O) groups is 1. The number of likely N-dealkylation sites (N-methyl/N-ethyl adjacent to an activating group) is 1. The summed E-state index contributed by atoms with van der Waals surface area (Å²) in [6.45, 7) is 10.3. The highest BCUT2D eigenvalue weighted by molar-refractivity contribution is 5.78. The van der Waals surface area contributed by atoms with Gasteiger partial charge in [-0.3, -0.25) is 9.69 Å². The van der Waals surface area contributed by atoms with Crippen molar-refractivity contribution in [3.63, 3.8) is 0 Å². The Morgan fingerprint density at radius 2 is 2.10 bits per heavy atom. The molecule has 0 aromatic rings. The fourth-order valence-corrected chi connectivity index (χ4v) is 3.79. The first-order valence-electron chi connectivity index (χ1n) is 8.97. The van der Waals surface area contributed by atoms with Crippen molar-refractivity contribution in [2.75, 3.05) is 39.3 Å². The van der Waals surface area contributed by atoms with E-state index in [4.69, 9.17) is 0 Å². The molecular formula is C17H33N3O. The quantitative estimate of drug-likeness (QED) is 0.815. The van der Waals surface area contributed by atoms with Gasteiger partial charge in [0.15, 0.2) is 0 Å². The molecule has 2 fully saturated rings. The van der Waals surface area contributed by atoms with Gasteiger partial charge in [-0.05, 0) is 64.1 Å². The molecule has 122 valence electrons. The summed E-state index contributed by atoms with van der Waals surface area (Å²) < 4.78 is 0. The van der Waals surface area contributed by atoms with E-state index in [0.29, 0.717) is 18.5 Å². The number of likely N-dealkylation sites (tertiary alicyclic amines) is 1. The van der Waals surface area contributed by atoms with Crippen molar-refractivity contribution >= 4 is 5.91 Å². The lowest BCUT2D eigenvalue weighted by atomic mass is 9.98. The van der Waals surface area contributed by atoms with Gasteiger partial charge >= 0.3 is 0 Å². The molecule has 0 saturated carbocycles. The highest BCUT2D eigenvalue weighted by Crippen LogP contribution is 2.20. The van der Waals surface area contributed by atoms with Crippen molar-refractivity contribution in [3.8, 4) is 0 Å². The molecule has 0 radical (unpaired) electrons. The minimum Gasteiger partial charge on any atom is -0.339 e. The smallest absolute Gasteiger partial charge is 0.236 e. The van der Waals surface area contributed by atoms with Gasteiger partial charge < -0.3 is 10.2 Å². The number of rotatable bonds is 6. The van der Waals surface area contributed by atoms with Gasteiger partial charge in [-0.1, -0.05) is 13.8 Å². The molecule has 0 bridgehead atoms. The predicted molar refractivity (Wildman–Crippen MR) is 87.4 cm³/mol. The van der Waals surface area contributed by atoms with Crippen LogP contribution in [-0.4, -0.2) is 61.0 Å². The molecule has 2 unspecified atom stereocenters. The summed E-state index contributed by atoms with van der Waals surface area (Å²) in [6.07, 6.45) is 7.35. The van der Waals surface area contributed by atoms with Crippen molar-refractivity contribution in [1.29, 1.82) is 0 Å². The van der Waals surface area contributed by atoms with Crippen LogP contribution in [0.5, 0.6) is 0 Å². The summed E-state index contributed by atoms with van der Waals surface area (Å²) in [6, 6.07) is 0.487. The Morgan fingerprint density at radius 1 is 1.24 bits per heavy atom. The normalized spacial score (nSPS) is 27.1. The van der Waals surface area contributed by atoms with Crippen LogP contribution in [0.25, 0.3) is 0 Å².